The predicted molar refractivity (Wildman–Crippen MR) is 135 cm³/mol. The van der Waals surface area contributed by atoms with Crippen molar-refractivity contribution in [2.45, 2.75) is 0 Å². The average molecular weight is 668 g/mol. The maximum atomic E-state index is 2.23. The lowest BCUT2D eigenvalue weighted by Gasteiger charge is -2.01. The van der Waals surface area contributed by atoms with Crippen molar-refractivity contribution in [3.63, 3.8) is 0 Å². The van der Waals surface area contributed by atoms with E-state index in [2.05, 4.69) is 145 Å². The third-order valence-corrected chi connectivity index (χ3v) is 6.04. The molecule has 2 heterocycles. The molecule has 0 unspecified atom stereocenters. The minimum atomic E-state index is 0. The van der Waals surface area contributed by atoms with Crippen molar-refractivity contribution in [2.24, 2.45) is 14.1 Å². The van der Waals surface area contributed by atoms with E-state index in [4.69, 9.17) is 0 Å². The summed E-state index contributed by atoms with van der Waals surface area (Å²) < 4.78 is 4.46. The fourth-order valence-electron chi connectivity index (χ4n) is 4.18. The summed E-state index contributed by atoms with van der Waals surface area (Å²) in [6.45, 7) is 0. The number of nitrogens with zero attached hydrogens (tertiary/aromatic N) is 2. The van der Waals surface area contributed by atoms with Gasteiger partial charge in [0.05, 0.1) is 0 Å². The Morgan fingerprint density at radius 2 is 0.912 bits per heavy atom. The van der Waals surface area contributed by atoms with E-state index in [0.29, 0.717) is 0 Å². The Morgan fingerprint density at radius 3 is 1.38 bits per heavy atom. The minimum Gasteiger partial charge on any atom is -1.00 e. The van der Waals surface area contributed by atoms with Crippen LogP contribution in [0.2, 0.25) is 0 Å². The van der Waals surface area contributed by atoms with E-state index in [-0.39, 0.29) is 48.0 Å². The van der Waals surface area contributed by atoms with Gasteiger partial charge in [-0.3, -0.25) is 0 Å². The summed E-state index contributed by atoms with van der Waals surface area (Å²) in [5, 5.41) is 2.50. The SMILES string of the molecule is C[n+]1c(/C=C/c2cccc(/C=C/c3ccc4ccccc4[n+]3C)c2)ccc2ccccc21.[I-].[I-]. The van der Waals surface area contributed by atoms with Crippen LogP contribution in [0, 0.1) is 0 Å². The van der Waals surface area contributed by atoms with Gasteiger partial charge in [0, 0.05) is 47.2 Å². The predicted octanol–water partition coefficient (Wildman–Crippen LogP) is -0.00920. The Morgan fingerprint density at radius 1 is 0.471 bits per heavy atom. The van der Waals surface area contributed by atoms with Crippen LogP contribution in [0.15, 0.2) is 97.1 Å². The second kappa shape index (κ2) is 11.7. The third kappa shape index (κ3) is 5.55. The Hall–Kier alpha value is -2.58. The minimum absolute atomic E-state index is 0. The highest BCUT2D eigenvalue weighted by atomic mass is 127. The number of halogens is 2. The van der Waals surface area contributed by atoms with Crippen molar-refractivity contribution in [1.82, 2.24) is 0 Å². The highest BCUT2D eigenvalue weighted by Gasteiger charge is 2.09. The summed E-state index contributed by atoms with van der Waals surface area (Å²) in [6.07, 6.45) is 8.71. The van der Waals surface area contributed by atoms with Gasteiger partial charge in [-0.05, 0) is 53.6 Å². The zero-order valence-electron chi connectivity index (χ0n) is 19.2. The molecule has 2 nitrogen and oxygen atoms in total. The molecule has 0 spiro atoms. The molecule has 0 amide bonds. The molecular formula is C30H26I2N2. The number of pyridine rings is 2. The number of fused-ring (bicyclic) bond motifs is 2. The Bertz CT molecular complexity index is 1390. The summed E-state index contributed by atoms with van der Waals surface area (Å²) >= 11 is 0. The molecule has 0 aliphatic heterocycles. The summed E-state index contributed by atoms with van der Waals surface area (Å²) in [5.41, 5.74) is 7.18. The highest BCUT2D eigenvalue weighted by Crippen LogP contribution is 2.15. The lowest BCUT2D eigenvalue weighted by atomic mass is 10.1. The van der Waals surface area contributed by atoms with Gasteiger partial charge >= 0.3 is 0 Å². The second-order valence-electron chi connectivity index (χ2n) is 8.09. The van der Waals surface area contributed by atoms with Crippen molar-refractivity contribution in [3.05, 3.63) is 120 Å². The summed E-state index contributed by atoms with van der Waals surface area (Å²) in [5.74, 6) is 0. The molecule has 5 aromatic rings. The van der Waals surface area contributed by atoms with E-state index in [1.807, 2.05) is 0 Å². The van der Waals surface area contributed by atoms with Crippen LogP contribution < -0.4 is 57.1 Å². The second-order valence-corrected chi connectivity index (χ2v) is 8.09. The summed E-state index contributed by atoms with van der Waals surface area (Å²) in [4.78, 5) is 0. The molecule has 2 aromatic heterocycles. The number of rotatable bonds is 4. The van der Waals surface area contributed by atoms with Crippen molar-refractivity contribution in [2.75, 3.05) is 0 Å². The fraction of sp³-hybridized carbons (Fsp3) is 0.0667. The van der Waals surface area contributed by atoms with Crippen LogP contribution in [0.1, 0.15) is 22.5 Å². The van der Waals surface area contributed by atoms with Gasteiger partial charge in [0.25, 0.3) is 0 Å². The maximum absolute atomic E-state index is 2.23. The number of aryl methyl sites for hydroxylation is 2. The van der Waals surface area contributed by atoms with Crippen molar-refractivity contribution in [1.29, 1.82) is 0 Å². The molecule has 0 radical (unpaired) electrons. The van der Waals surface area contributed by atoms with Gasteiger partial charge in [0.15, 0.2) is 0 Å². The molecule has 0 saturated heterocycles. The Balaban J connectivity index is 0.00000162. The van der Waals surface area contributed by atoms with Crippen LogP contribution in [-0.4, -0.2) is 0 Å². The largest absolute Gasteiger partial charge is 1.00 e. The molecule has 0 saturated carbocycles. The van der Waals surface area contributed by atoms with Crippen molar-refractivity contribution < 1.29 is 57.1 Å². The number of hydrogen-bond donors (Lipinski definition) is 0. The quantitative estimate of drug-likeness (QED) is 0.188. The van der Waals surface area contributed by atoms with Gasteiger partial charge in [0.1, 0.15) is 14.1 Å². The molecule has 0 aliphatic carbocycles. The van der Waals surface area contributed by atoms with Crippen molar-refractivity contribution in [3.8, 4) is 0 Å². The van der Waals surface area contributed by atoms with Gasteiger partial charge in [-0.2, -0.15) is 9.13 Å². The van der Waals surface area contributed by atoms with Crippen molar-refractivity contribution >= 4 is 46.1 Å². The van der Waals surface area contributed by atoms with Gasteiger partial charge in [-0.1, -0.05) is 42.5 Å². The lowest BCUT2D eigenvalue weighted by molar-refractivity contribution is -0.646. The third-order valence-electron chi connectivity index (χ3n) is 6.04. The van der Waals surface area contributed by atoms with Crippen LogP contribution in [0.4, 0.5) is 0 Å². The molecule has 5 rings (SSSR count). The first-order chi connectivity index (χ1) is 15.7. The number of benzene rings is 3. The first kappa shape index (κ1) is 26.0. The highest BCUT2D eigenvalue weighted by molar-refractivity contribution is 5.79. The first-order valence-corrected chi connectivity index (χ1v) is 10.9. The van der Waals surface area contributed by atoms with E-state index in [1.165, 1.54) is 44.3 Å². The molecule has 0 N–H and O–H groups in total. The van der Waals surface area contributed by atoms with E-state index in [1.54, 1.807) is 0 Å². The first-order valence-electron chi connectivity index (χ1n) is 10.9. The smallest absolute Gasteiger partial charge is 0.212 e. The van der Waals surface area contributed by atoms with Crippen LogP contribution in [0.3, 0.4) is 0 Å². The normalized spacial score (nSPS) is 11.1. The fourth-order valence-corrected chi connectivity index (χ4v) is 4.18. The maximum Gasteiger partial charge on any atom is 0.212 e. The van der Waals surface area contributed by atoms with E-state index >= 15 is 0 Å². The summed E-state index contributed by atoms with van der Waals surface area (Å²) in [6, 6.07) is 34.2. The zero-order valence-corrected chi connectivity index (χ0v) is 23.5. The van der Waals surface area contributed by atoms with Crippen LogP contribution in [0.25, 0.3) is 46.1 Å². The topological polar surface area (TPSA) is 7.76 Å². The van der Waals surface area contributed by atoms with Gasteiger partial charge in [-0.15, -0.1) is 0 Å². The Kier molecular flexibility index (Phi) is 8.97. The molecule has 170 valence electrons. The van der Waals surface area contributed by atoms with Crippen LogP contribution in [-0.2, 0) is 14.1 Å². The molecule has 0 bridgehead atoms. The van der Waals surface area contributed by atoms with E-state index in [0.717, 1.165) is 0 Å². The Labute approximate surface area is 235 Å². The average Bonchev–Trinajstić information content (AvgIpc) is 2.84. The lowest BCUT2D eigenvalue weighted by Crippen LogP contribution is -3.00. The van der Waals surface area contributed by atoms with Crippen LogP contribution >= 0.6 is 0 Å². The number of hydrogen-bond acceptors (Lipinski definition) is 0. The number of para-hydroxylation sites is 2. The van der Waals surface area contributed by atoms with Gasteiger partial charge in [-0.25, -0.2) is 0 Å². The molecular weight excluding hydrogens is 642 g/mol. The molecule has 3 aromatic carbocycles. The molecule has 0 fully saturated rings. The number of aromatic nitrogens is 2. The van der Waals surface area contributed by atoms with Gasteiger partial charge in [0.2, 0.25) is 22.4 Å². The standard InChI is InChI=1S/C30H26N2.2HI/c1-31-27(20-16-25-10-3-5-12-29(25)31)18-14-23-8-7-9-24(22-23)15-19-28-21-17-26-11-4-6-13-30(26)32(28)2;;/h3-22H,1-2H3;2*1H/q+2;;/p-2/b18-14+,19-15+;;. The molecule has 4 heteroatoms. The molecule has 0 atom stereocenters. The zero-order chi connectivity index (χ0) is 21.9. The summed E-state index contributed by atoms with van der Waals surface area (Å²) in [7, 11) is 4.23. The van der Waals surface area contributed by atoms with Gasteiger partial charge < -0.3 is 48.0 Å². The monoisotopic (exact) mass is 668 g/mol. The molecule has 34 heavy (non-hydrogen) atoms. The van der Waals surface area contributed by atoms with Crippen LogP contribution in [0.5, 0.6) is 0 Å². The van der Waals surface area contributed by atoms with E-state index in [9.17, 15) is 0 Å². The molecule has 0 aliphatic rings. The van der Waals surface area contributed by atoms with E-state index < -0.39 is 0 Å².